The Hall–Kier alpha value is -2.63. The lowest BCUT2D eigenvalue weighted by atomic mass is 10.2. The van der Waals surface area contributed by atoms with Gasteiger partial charge >= 0.3 is 6.36 Å². The van der Waals surface area contributed by atoms with Crippen molar-refractivity contribution < 1.29 is 22.6 Å². The van der Waals surface area contributed by atoms with E-state index >= 15 is 0 Å². The molecule has 0 spiro atoms. The molecule has 0 aliphatic rings. The Morgan fingerprint density at radius 1 is 0.697 bits per heavy atom. The van der Waals surface area contributed by atoms with Crippen LogP contribution in [0.4, 0.5) is 13.2 Å². The van der Waals surface area contributed by atoms with Crippen LogP contribution in [-0.4, -0.2) is 18.0 Å². The first-order valence-electron chi connectivity index (χ1n) is 11.9. The van der Waals surface area contributed by atoms with Crippen LogP contribution in [0.2, 0.25) is 0 Å². The topological polar surface area (TPSA) is 23.4 Å². The summed E-state index contributed by atoms with van der Waals surface area (Å²) in [6, 6.07) is 13.5. The van der Waals surface area contributed by atoms with Crippen LogP contribution < -0.4 is 9.47 Å². The standard InChI is InChI=1S/C17H14F3NO2.5C2H6/c1-11-8-12-6-7-15(23-17(18,19)20)10-16(12)21(11)13-4-3-5-14(9-13)22-2;5*1-2/h3-10H,1-2H3;5*1-2H3. The molecule has 6 heteroatoms. The maximum atomic E-state index is 12.4. The molecule has 190 valence electrons. The second-order valence-corrected chi connectivity index (χ2v) is 5.09. The minimum Gasteiger partial charge on any atom is -0.497 e. The van der Waals surface area contributed by atoms with Crippen LogP contribution in [0.25, 0.3) is 16.6 Å². The molecule has 0 radical (unpaired) electrons. The van der Waals surface area contributed by atoms with Gasteiger partial charge in [0.1, 0.15) is 11.5 Å². The number of aryl methyl sites for hydroxylation is 1. The lowest BCUT2D eigenvalue weighted by molar-refractivity contribution is -0.274. The molecule has 3 aromatic rings. The molecule has 0 bridgehead atoms. The van der Waals surface area contributed by atoms with E-state index in [9.17, 15) is 13.2 Å². The van der Waals surface area contributed by atoms with Crippen LogP contribution in [-0.2, 0) is 0 Å². The van der Waals surface area contributed by atoms with Crippen molar-refractivity contribution in [2.24, 2.45) is 0 Å². The quantitative estimate of drug-likeness (QED) is 0.379. The third kappa shape index (κ3) is 11.7. The molecular weight excluding hydrogens is 427 g/mol. The number of benzene rings is 2. The van der Waals surface area contributed by atoms with Crippen LogP contribution in [0, 0.1) is 6.92 Å². The van der Waals surface area contributed by atoms with Gasteiger partial charge in [-0.1, -0.05) is 75.3 Å². The largest absolute Gasteiger partial charge is 0.573 e. The highest BCUT2D eigenvalue weighted by atomic mass is 19.4. The third-order valence-corrected chi connectivity index (χ3v) is 3.50. The normalized spacial score (nSPS) is 9.06. The number of aromatic nitrogens is 1. The predicted octanol–water partition coefficient (Wildman–Crippen LogP) is 9.98. The van der Waals surface area contributed by atoms with Gasteiger partial charge in [0.05, 0.1) is 12.6 Å². The number of fused-ring (bicyclic) bond motifs is 1. The smallest absolute Gasteiger partial charge is 0.497 e. The minimum absolute atomic E-state index is 0.243. The van der Waals surface area contributed by atoms with Crippen molar-refractivity contribution in [3.63, 3.8) is 0 Å². The summed E-state index contributed by atoms with van der Waals surface area (Å²) in [4.78, 5) is 0. The number of hydrogen-bond donors (Lipinski definition) is 0. The van der Waals surface area contributed by atoms with Crippen molar-refractivity contribution in [1.82, 2.24) is 4.57 Å². The summed E-state index contributed by atoms with van der Waals surface area (Å²) in [7, 11) is 1.56. The molecule has 1 aromatic heterocycles. The fraction of sp³-hybridized carbons (Fsp3) is 0.481. The second-order valence-electron chi connectivity index (χ2n) is 5.09. The van der Waals surface area contributed by atoms with Gasteiger partial charge in [0.2, 0.25) is 0 Å². The van der Waals surface area contributed by atoms with Gasteiger partial charge in [0.25, 0.3) is 0 Å². The van der Waals surface area contributed by atoms with Crippen LogP contribution in [0.3, 0.4) is 0 Å². The van der Waals surface area contributed by atoms with Gasteiger partial charge in [-0.05, 0) is 37.3 Å². The van der Waals surface area contributed by atoms with Crippen LogP contribution in [0.1, 0.15) is 74.9 Å². The van der Waals surface area contributed by atoms with Gasteiger partial charge in [0.15, 0.2) is 0 Å². The fourth-order valence-corrected chi connectivity index (χ4v) is 2.61. The zero-order chi connectivity index (χ0) is 26.6. The highest BCUT2D eigenvalue weighted by molar-refractivity contribution is 5.84. The zero-order valence-electron chi connectivity index (χ0n) is 22.5. The average Bonchev–Trinajstić information content (AvgIpc) is 3.19. The summed E-state index contributed by atoms with van der Waals surface area (Å²) in [5.41, 5.74) is 2.34. The molecular formula is C27H44F3NO2. The molecule has 1 heterocycles. The summed E-state index contributed by atoms with van der Waals surface area (Å²) >= 11 is 0. The Morgan fingerprint density at radius 2 is 1.24 bits per heavy atom. The second kappa shape index (κ2) is 20.0. The minimum atomic E-state index is -4.71. The Kier molecular flexibility index (Phi) is 21.2. The Bertz CT molecular complexity index is 856. The number of ether oxygens (including phenoxy) is 2. The number of methoxy groups -OCH3 is 1. The summed E-state index contributed by atoms with van der Waals surface area (Å²) in [6.07, 6.45) is -4.71. The van der Waals surface area contributed by atoms with E-state index in [2.05, 4.69) is 4.74 Å². The van der Waals surface area contributed by atoms with Crippen molar-refractivity contribution in [2.75, 3.05) is 7.11 Å². The maximum absolute atomic E-state index is 12.4. The van der Waals surface area contributed by atoms with Gasteiger partial charge in [-0.3, -0.25) is 0 Å². The molecule has 33 heavy (non-hydrogen) atoms. The van der Waals surface area contributed by atoms with Crippen molar-refractivity contribution in [1.29, 1.82) is 0 Å². The Labute approximate surface area is 199 Å². The van der Waals surface area contributed by atoms with Gasteiger partial charge in [-0.2, -0.15) is 0 Å². The Balaban J connectivity index is -0.000000798. The molecule has 0 N–H and O–H groups in total. The molecule has 0 fully saturated rings. The van der Waals surface area contributed by atoms with Crippen LogP contribution in [0.5, 0.6) is 11.5 Å². The lowest BCUT2D eigenvalue weighted by Crippen LogP contribution is -2.17. The first kappa shape index (κ1) is 35.0. The van der Waals surface area contributed by atoms with Crippen molar-refractivity contribution in [2.45, 2.75) is 82.5 Å². The number of hydrogen-bond acceptors (Lipinski definition) is 2. The van der Waals surface area contributed by atoms with Crippen molar-refractivity contribution in [3.05, 3.63) is 54.2 Å². The van der Waals surface area contributed by atoms with Crippen LogP contribution >= 0.6 is 0 Å². The molecule has 2 aromatic carbocycles. The maximum Gasteiger partial charge on any atom is 0.573 e. The number of alkyl halides is 3. The molecule has 3 rings (SSSR count). The fourth-order valence-electron chi connectivity index (χ4n) is 2.61. The van der Waals surface area contributed by atoms with Gasteiger partial charge in [-0.25, -0.2) is 0 Å². The molecule has 0 saturated heterocycles. The predicted molar refractivity (Wildman–Crippen MR) is 138 cm³/mol. The van der Waals surface area contributed by atoms with E-state index in [1.54, 1.807) is 13.2 Å². The number of rotatable bonds is 3. The van der Waals surface area contributed by atoms with E-state index in [4.69, 9.17) is 4.74 Å². The molecule has 0 amide bonds. The van der Waals surface area contributed by atoms with Gasteiger partial charge in [0, 0.05) is 28.9 Å². The molecule has 0 saturated carbocycles. The summed E-state index contributed by atoms with van der Waals surface area (Å²) in [6.45, 7) is 21.9. The highest BCUT2D eigenvalue weighted by Crippen LogP contribution is 2.31. The lowest BCUT2D eigenvalue weighted by Gasteiger charge is -2.12. The summed E-state index contributed by atoms with van der Waals surface area (Å²) in [5, 5.41) is 0.833. The van der Waals surface area contributed by atoms with E-state index in [0.29, 0.717) is 11.3 Å². The van der Waals surface area contributed by atoms with E-state index < -0.39 is 6.36 Å². The molecule has 0 aliphatic heterocycles. The highest BCUT2D eigenvalue weighted by Gasteiger charge is 2.31. The number of halogens is 3. The zero-order valence-corrected chi connectivity index (χ0v) is 22.5. The van der Waals surface area contributed by atoms with E-state index in [1.165, 1.54) is 12.1 Å². The third-order valence-electron chi connectivity index (χ3n) is 3.50. The molecule has 0 unspecified atom stereocenters. The monoisotopic (exact) mass is 471 g/mol. The summed E-state index contributed by atoms with van der Waals surface area (Å²) in [5.74, 6) is 0.429. The van der Waals surface area contributed by atoms with Gasteiger partial charge in [-0.15, -0.1) is 13.2 Å². The van der Waals surface area contributed by atoms with Gasteiger partial charge < -0.3 is 14.0 Å². The number of nitrogens with zero attached hydrogens (tertiary/aromatic N) is 1. The SMILES string of the molecule is CC.CC.CC.CC.CC.COc1cccc(-n2c(C)cc3ccc(OC(F)(F)F)cc32)c1. The molecule has 3 nitrogen and oxygen atoms in total. The van der Waals surface area contributed by atoms with E-state index in [0.717, 1.165) is 16.8 Å². The Morgan fingerprint density at radius 3 is 1.73 bits per heavy atom. The van der Waals surface area contributed by atoms with E-state index in [1.807, 2.05) is 111 Å². The summed E-state index contributed by atoms with van der Waals surface area (Å²) < 4.78 is 48.4. The van der Waals surface area contributed by atoms with Crippen LogP contribution in [0.15, 0.2) is 48.5 Å². The van der Waals surface area contributed by atoms with Crippen molar-refractivity contribution >= 4 is 10.9 Å². The molecule has 0 aliphatic carbocycles. The van der Waals surface area contributed by atoms with Crippen molar-refractivity contribution in [3.8, 4) is 17.2 Å². The first-order valence-corrected chi connectivity index (χ1v) is 11.9. The first-order chi connectivity index (χ1) is 15.9. The van der Waals surface area contributed by atoms with E-state index in [-0.39, 0.29) is 5.75 Å². The average molecular weight is 472 g/mol. The molecule has 0 atom stereocenters.